The Labute approximate surface area is 182 Å². The molecule has 2 aliphatic rings. The fourth-order valence-corrected chi connectivity index (χ4v) is 4.70. The van der Waals surface area contributed by atoms with E-state index in [2.05, 4.69) is 21.6 Å². The van der Waals surface area contributed by atoms with Crippen LogP contribution >= 0.6 is 0 Å². The standard InChI is InChI=1S/C25H27FN4O/c1-3-28-23-14-18(26)13-22-21(23)10-11-24(31)25(22,2)30-12-4-5-20(16-30)29-19-8-6-17(15-27)7-9-19/h6-11,13-14,20,28-29H,3-5,12,16H2,1-2H3/t20-,25?/m1/s1. The third kappa shape index (κ3) is 3.94. The van der Waals surface area contributed by atoms with Crippen LogP contribution in [0.3, 0.4) is 0 Å². The van der Waals surface area contributed by atoms with Crippen LogP contribution in [0.2, 0.25) is 0 Å². The molecule has 2 aromatic rings. The van der Waals surface area contributed by atoms with Gasteiger partial charge in [-0.15, -0.1) is 0 Å². The normalized spacial score (nSPS) is 23.2. The molecule has 1 unspecified atom stereocenters. The van der Waals surface area contributed by atoms with Crippen molar-refractivity contribution < 1.29 is 9.18 Å². The van der Waals surface area contributed by atoms with Crippen molar-refractivity contribution >= 4 is 23.2 Å². The molecular weight excluding hydrogens is 391 g/mol. The maximum absolute atomic E-state index is 14.5. The number of piperidine rings is 1. The first kappa shape index (κ1) is 21.1. The molecule has 1 aliphatic carbocycles. The molecule has 1 saturated heterocycles. The van der Waals surface area contributed by atoms with Gasteiger partial charge in [-0.3, -0.25) is 9.69 Å². The number of nitriles is 1. The summed E-state index contributed by atoms with van der Waals surface area (Å²) in [5.74, 6) is -0.361. The largest absolute Gasteiger partial charge is 0.385 e. The van der Waals surface area contributed by atoms with Crippen LogP contribution in [0.1, 0.15) is 43.4 Å². The Morgan fingerprint density at radius 3 is 2.74 bits per heavy atom. The maximum Gasteiger partial charge on any atom is 0.180 e. The molecular formula is C25H27FN4O. The van der Waals surface area contributed by atoms with E-state index in [0.29, 0.717) is 18.7 Å². The van der Waals surface area contributed by atoms with Gasteiger partial charge in [0.05, 0.1) is 11.6 Å². The highest BCUT2D eigenvalue weighted by atomic mass is 19.1. The number of fused-ring (bicyclic) bond motifs is 1. The number of carbonyl (C=O) groups is 1. The monoisotopic (exact) mass is 418 g/mol. The van der Waals surface area contributed by atoms with Crippen molar-refractivity contribution in [2.75, 3.05) is 30.3 Å². The van der Waals surface area contributed by atoms with E-state index in [1.807, 2.05) is 26.0 Å². The number of ketones is 1. The van der Waals surface area contributed by atoms with E-state index in [-0.39, 0.29) is 17.6 Å². The lowest BCUT2D eigenvalue weighted by Gasteiger charge is -2.46. The number of halogens is 1. The Hall–Kier alpha value is -3.17. The third-order valence-electron chi connectivity index (χ3n) is 6.36. The summed E-state index contributed by atoms with van der Waals surface area (Å²) < 4.78 is 14.5. The van der Waals surface area contributed by atoms with Crippen molar-refractivity contribution in [3.05, 3.63) is 65.0 Å². The van der Waals surface area contributed by atoms with E-state index in [0.717, 1.165) is 41.9 Å². The van der Waals surface area contributed by atoms with E-state index in [1.165, 1.54) is 12.1 Å². The van der Waals surface area contributed by atoms with Crippen LogP contribution in [-0.2, 0) is 10.3 Å². The number of rotatable bonds is 5. The minimum atomic E-state index is -0.915. The maximum atomic E-state index is 14.5. The Morgan fingerprint density at radius 2 is 2.03 bits per heavy atom. The van der Waals surface area contributed by atoms with Gasteiger partial charge < -0.3 is 10.6 Å². The van der Waals surface area contributed by atoms with Crippen molar-refractivity contribution in [3.8, 4) is 6.07 Å². The Balaban J connectivity index is 1.63. The van der Waals surface area contributed by atoms with Crippen molar-refractivity contribution in [3.63, 3.8) is 0 Å². The first-order valence-electron chi connectivity index (χ1n) is 10.8. The zero-order valence-electron chi connectivity index (χ0n) is 17.9. The van der Waals surface area contributed by atoms with Crippen molar-refractivity contribution in [2.24, 2.45) is 0 Å². The molecule has 0 radical (unpaired) electrons. The van der Waals surface area contributed by atoms with Crippen molar-refractivity contribution in [2.45, 2.75) is 38.3 Å². The second kappa shape index (κ2) is 8.52. The zero-order valence-corrected chi connectivity index (χ0v) is 17.9. The second-order valence-corrected chi connectivity index (χ2v) is 8.33. The summed E-state index contributed by atoms with van der Waals surface area (Å²) in [5.41, 5.74) is 2.98. The number of carbonyl (C=O) groups excluding carboxylic acids is 1. The van der Waals surface area contributed by atoms with Gasteiger partial charge in [0.2, 0.25) is 0 Å². The molecule has 0 saturated carbocycles. The molecule has 2 atom stereocenters. The average Bonchev–Trinajstić information content (AvgIpc) is 2.77. The molecule has 160 valence electrons. The molecule has 5 nitrogen and oxygen atoms in total. The number of hydrogen-bond donors (Lipinski definition) is 2. The summed E-state index contributed by atoms with van der Waals surface area (Å²) in [4.78, 5) is 15.3. The predicted molar refractivity (Wildman–Crippen MR) is 121 cm³/mol. The summed E-state index contributed by atoms with van der Waals surface area (Å²) in [6, 6.07) is 12.7. The number of anilines is 2. The van der Waals surface area contributed by atoms with Gasteiger partial charge in [0.25, 0.3) is 0 Å². The van der Waals surface area contributed by atoms with Crippen LogP contribution < -0.4 is 10.6 Å². The molecule has 31 heavy (non-hydrogen) atoms. The van der Waals surface area contributed by atoms with Gasteiger partial charge in [0.15, 0.2) is 5.78 Å². The van der Waals surface area contributed by atoms with Gasteiger partial charge >= 0.3 is 0 Å². The fraction of sp³-hybridized carbons (Fsp3) is 0.360. The van der Waals surface area contributed by atoms with E-state index < -0.39 is 5.54 Å². The number of nitrogens with one attached hydrogen (secondary N) is 2. The van der Waals surface area contributed by atoms with Crippen LogP contribution in [0, 0.1) is 17.1 Å². The molecule has 0 spiro atoms. The summed E-state index contributed by atoms with van der Waals surface area (Å²) >= 11 is 0. The van der Waals surface area contributed by atoms with Gasteiger partial charge in [-0.05, 0) is 87.3 Å². The highest BCUT2D eigenvalue weighted by molar-refractivity contribution is 6.05. The lowest BCUT2D eigenvalue weighted by atomic mass is 9.77. The average molecular weight is 419 g/mol. The van der Waals surface area contributed by atoms with Gasteiger partial charge in [-0.25, -0.2) is 4.39 Å². The molecule has 2 N–H and O–H groups in total. The SMILES string of the molecule is CCNc1cc(F)cc2c1C=CC(=O)C2(C)N1CCC[C@@H](Nc2ccc(C#N)cc2)C1. The third-order valence-corrected chi connectivity index (χ3v) is 6.36. The topological polar surface area (TPSA) is 68.2 Å². The van der Waals surface area contributed by atoms with Crippen LogP contribution in [0.25, 0.3) is 6.08 Å². The summed E-state index contributed by atoms with van der Waals surface area (Å²) in [6.07, 6.45) is 5.34. The Morgan fingerprint density at radius 1 is 1.26 bits per heavy atom. The molecule has 2 aromatic carbocycles. The Bertz CT molecular complexity index is 1060. The predicted octanol–water partition coefficient (Wildman–Crippen LogP) is 4.52. The van der Waals surface area contributed by atoms with E-state index in [4.69, 9.17) is 5.26 Å². The van der Waals surface area contributed by atoms with Gasteiger partial charge in [-0.2, -0.15) is 5.26 Å². The fourth-order valence-electron chi connectivity index (χ4n) is 4.70. The number of nitrogens with zero attached hydrogens (tertiary/aromatic N) is 2. The first-order valence-corrected chi connectivity index (χ1v) is 10.8. The summed E-state index contributed by atoms with van der Waals surface area (Å²) in [7, 11) is 0. The van der Waals surface area contributed by atoms with Crippen LogP contribution in [0.15, 0.2) is 42.5 Å². The smallest absolute Gasteiger partial charge is 0.180 e. The van der Waals surface area contributed by atoms with E-state index in [1.54, 1.807) is 24.3 Å². The summed E-state index contributed by atoms with van der Waals surface area (Å²) in [6.45, 7) is 6.00. The minimum absolute atomic E-state index is 0.0212. The molecule has 1 heterocycles. The van der Waals surface area contributed by atoms with Crippen molar-refractivity contribution in [1.82, 2.24) is 4.90 Å². The lowest BCUT2D eigenvalue weighted by molar-refractivity contribution is -0.127. The van der Waals surface area contributed by atoms with E-state index >= 15 is 0 Å². The number of likely N-dealkylation sites (tertiary alicyclic amines) is 1. The van der Waals surface area contributed by atoms with Crippen LogP contribution in [-0.4, -0.2) is 36.4 Å². The van der Waals surface area contributed by atoms with Gasteiger partial charge in [-0.1, -0.05) is 0 Å². The van der Waals surface area contributed by atoms with E-state index in [9.17, 15) is 9.18 Å². The molecule has 0 aromatic heterocycles. The molecule has 4 rings (SSSR count). The lowest BCUT2D eigenvalue weighted by Crippen LogP contribution is -2.56. The Kier molecular flexibility index (Phi) is 5.79. The van der Waals surface area contributed by atoms with Crippen LogP contribution in [0.4, 0.5) is 15.8 Å². The molecule has 1 aliphatic heterocycles. The summed E-state index contributed by atoms with van der Waals surface area (Å²) in [5, 5.41) is 15.7. The zero-order chi connectivity index (χ0) is 22.0. The van der Waals surface area contributed by atoms with Gasteiger partial charge in [0, 0.05) is 36.1 Å². The minimum Gasteiger partial charge on any atom is -0.385 e. The second-order valence-electron chi connectivity index (χ2n) is 8.33. The first-order chi connectivity index (χ1) is 15.0. The quantitative estimate of drug-likeness (QED) is 0.747. The number of benzene rings is 2. The highest BCUT2D eigenvalue weighted by Gasteiger charge is 2.45. The highest BCUT2D eigenvalue weighted by Crippen LogP contribution is 2.41. The van der Waals surface area contributed by atoms with Crippen LogP contribution in [0.5, 0.6) is 0 Å². The molecule has 0 amide bonds. The molecule has 6 heteroatoms. The molecule has 1 fully saturated rings. The molecule has 0 bridgehead atoms. The van der Waals surface area contributed by atoms with Crippen molar-refractivity contribution in [1.29, 1.82) is 5.26 Å². The number of hydrogen-bond acceptors (Lipinski definition) is 5. The van der Waals surface area contributed by atoms with Gasteiger partial charge in [0.1, 0.15) is 11.4 Å².